The van der Waals surface area contributed by atoms with Gasteiger partial charge < -0.3 is 5.73 Å². The van der Waals surface area contributed by atoms with Gasteiger partial charge >= 0.3 is 0 Å². The van der Waals surface area contributed by atoms with Crippen molar-refractivity contribution in [1.29, 1.82) is 0 Å². The van der Waals surface area contributed by atoms with Crippen LogP contribution in [0.3, 0.4) is 0 Å². The van der Waals surface area contributed by atoms with Crippen molar-refractivity contribution in [2.75, 3.05) is 5.73 Å². The van der Waals surface area contributed by atoms with Crippen LogP contribution in [0.5, 0.6) is 0 Å². The van der Waals surface area contributed by atoms with Crippen molar-refractivity contribution in [3.8, 4) is 0 Å². The second kappa shape index (κ2) is 6.16. The molecule has 0 aliphatic rings. The van der Waals surface area contributed by atoms with E-state index in [-0.39, 0.29) is 5.69 Å². The summed E-state index contributed by atoms with van der Waals surface area (Å²) < 4.78 is 0. The molecule has 0 amide bonds. The second-order valence-corrected chi connectivity index (χ2v) is 3.23. The van der Waals surface area contributed by atoms with Gasteiger partial charge in [-0.2, -0.15) is 0 Å². The number of aromatic nitrogens is 2. The molecule has 17 heavy (non-hydrogen) atoms. The van der Waals surface area contributed by atoms with Crippen molar-refractivity contribution in [2.45, 2.75) is 6.92 Å². The van der Waals surface area contributed by atoms with Crippen molar-refractivity contribution in [1.82, 2.24) is 9.97 Å². The summed E-state index contributed by atoms with van der Waals surface area (Å²) in [6, 6.07) is 6.67. The minimum atomic E-state index is -0.479. The first-order valence-corrected chi connectivity index (χ1v) is 4.82. The molecular formula is C11H12N4O2. The lowest BCUT2D eigenvalue weighted by Crippen LogP contribution is -1.87. The molecule has 0 unspecified atom stereocenters. The molecule has 2 N–H and O–H groups in total. The maximum atomic E-state index is 9.97. The first kappa shape index (κ1) is 12.6. The van der Waals surface area contributed by atoms with Gasteiger partial charge in [0.1, 0.15) is 12.0 Å². The van der Waals surface area contributed by atoms with Gasteiger partial charge in [0.2, 0.25) is 0 Å². The highest BCUT2D eigenvalue weighted by molar-refractivity contribution is 5.30. The molecule has 0 radical (unpaired) electrons. The van der Waals surface area contributed by atoms with Crippen LogP contribution in [0, 0.1) is 17.0 Å². The molecule has 0 saturated carbocycles. The predicted octanol–water partition coefficient (Wildman–Crippen LogP) is 1.96. The zero-order valence-corrected chi connectivity index (χ0v) is 9.28. The molecular weight excluding hydrogens is 220 g/mol. The van der Waals surface area contributed by atoms with Crippen LogP contribution in [0.15, 0.2) is 42.9 Å². The second-order valence-electron chi connectivity index (χ2n) is 3.23. The number of nitro groups is 1. The van der Waals surface area contributed by atoms with Crippen LogP contribution in [0.25, 0.3) is 0 Å². The molecule has 0 aromatic carbocycles. The first-order chi connectivity index (χ1) is 8.09. The van der Waals surface area contributed by atoms with Crippen molar-refractivity contribution >= 4 is 11.5 Å². The Morgan fingerprint density at radius 3 is 2.47 bits per heavy atom. The van der Waals surface area contributed by atoms with E-state index in [0.29, 0.717) is 5.82 Å². The monoisotopic (exact) mass is 232 g/mol. The summed E-state index contributed by atoms with van der Waals surface area (Å²) in [4.78, 5) is 16.9. The van der Waals surface area contributed by atoms with Crippen LogP contribution < -0.4 is 5.73 Å². The average Bonchev–Trinajstić information content (AvgIpc) is 2.30. The number of nitrogen functional groups attached to an aromatic ring is 1. The third-order valence-corrected chi connectivity index (χ3v) is 1.79. The summed E-state index contributed by atoms with van der Waals surface area (Å²) in [6.45, 7) is 1.98. The molecule has 2 rings (SSSR count). The van der Waals surface area contributed by atoms with Crippen LogP contribution >= 0.6 is 0 Å². The SMILES string of the molecule is Cc1ccnc(N)c1.O=[N+]([O-])c1cccnc1. The highest BCUT2D eigenvalue weighted by atomic mass is 16.6. The van der Waals surface area contributed by atoms with E-state index in [4.69, 9.17) is 5.73 Å². The van der Waals surface area contributed by atoms with E-state index < -0.39 is 4.92 Å². The zero-order valence-electron chi connectivity index (χ0n) is 9.28. The number of rotatable bonds is 1. The fourth-order valence-electron chi connectivity index (χ4n) is 1.02. The van der Waals surface area contributed by atoms with Gasteiger partial charge in [0.15, 0.2) is 0 Å². The summed E-state index contributed by atoms with van der Waals surface area (Å²) in [7, 11) is 0. The summed E-state index contributed by atoms with van der Waals surface area (Å²) in [5, 5.41) is 9.97. The number of hydrogen-bond donors (Lipinski definition) is 1. The van der Waals surface area contributed by atoms with Crippen molar-refractivity contribution in [3.05, 3.63) is 58.5 Å². The van der Waals surface area contributed by atoms with Gasteiger partial charge in [-0.25, -0.2) is 4.98 Å². The Labute approximate surface area is 98.3 Å². The lowest BCUT2D eigenvalue weighted by atomic mass is 10.3. The van der Waals surface area contributed by atoms with Gasteiger partial charge in [-0.3, -0.25) is 15.1 Å². The Morgan fingerprint density at radius 1 is 1.35 bits per heavy atom. The molecule has 6 nitrogen and oxygen atoms in total. The molecule has 6 heteroatoms. The third kappa shape index (κ3) is 4.70. The summed E-state index contributed by atoms with van der Waals surface area (Å²) in [5.41, 5.74) is 6.52. The van der Waals surface area contributed by atoms with Crippen LogP contribution in [0.4, 0.5) is 11.5 Å². The molecule has 0 saturated heterocycles. The van der Waals surface area contributed by atoms with Crippen molar-refractivity contribution in [3.63, 3.8) is 0 Å². The maximum Gasteiger partial charge on any atom is 0.287 e. The highest BCUT2D eigenvalue weighted by Crippen LogP contribution is 2.04. The fourth-order valence-corrected chi connectivity index (χ4v) is 1.02. The number of nitrogens with zero attached hydrogens (tertiary/aromatic N) is 3. The van der Waals surface area contributed by atoms with E-state index >= 15 is 0 Å². The number of nitrogens with two attached hydrogens (primary N) is 1. The van der Waals surface area contributed by atoms with Gasteiger partial charge in [-0.05, 0) is 30.7 Å². The Bertz CT molecular complexity index is 471. The zero-order chi connectivity index (χ0) is 12.7. The Kier molecular flexibility index (Phi) is 4.56. The smallest absolute Gasteiger partial charge is 0.287 e. The minimum Gasteiger partial charge on any atom is -0.384 e. The molecule has 0 bridgehead atoms. The van der Waals surface area contributed by atoms with Crippen LogP contribution in [-0.4, -0.2) is 14.9 Å². The number of aryl methyl sites for hydroxylation is 1. The van der Waals surface area contributed by atoms with E-state index in [0.717, 1.165) is 5.56 Å². The topological polar surface area (TPSA) is 94.9 Å². The molecule has 2 aromatic rings. The molecule has 2 heterocycles. The number of anilines is 1. The predicted molar refractivity (Wildman–Crippen MR) is 64.3 cm³/mol. The molecule has 2 aromatic heterocycles. The number of pyridine rings is 2. The highest BCUT2D eigenvalue weighted by Gasteiger charge is 1.99. The van der Waals surface area contributed by atoms with E-state index in [2.05, 4.69) is 9.97 Å². The first-order valence-electron chi connectivity index (χ1n) is 4.82. The summed E-state index contributed by atoms with van der Waals surface area (Å²) in [6.07, 6.45) is 4.40. The summed E-state index contributed by atoms with van der Waals surface area (Å²) in [5.74, 6) is 0.588. The molecule has 0 aliphatic carbocycles. The molecule has 0 fully saturated rings. The molecule has 88 valence electrons. The molecule has 0 spiro atoms. The van der Waals surface area contributed by atoms with Gasteiger partial charge in [-0.15, -0.1) is 0 Å². The van der Waals surface area contributed by atoms with E-state index in [1.807, 2.05) is 19.1 Å². The lowest BCUT2D eigenvalue weighted by Gasteiger charge is -1.90. The van der Waals surface area contributed by atoms with Crippen molar-refractivity contribution in [2.24, 2.45) is 0 Å². The normalized spacial score (nSPS) is 9.00. The Morgan fingerprint density at radius 2 is 2.12 bits per heavy atom. The van der Waals surface area contributed by atoms with Gasteiger partial charge in [0, 0.05) is 18.5 Å². The average molecular weight is 232 g/mol. The maximum absolute atomic E-state index is 9.97. The van der Waals surface area contributed by atoms with Crippen molar-refractivity contribution < 1.29 is 4.92 Å². The molecule has 0 atom stereocenters. The van der Waals surface area contributed by atoms with Crippen LogP contribution in [0.2, 0.25) is 0 Å². The largest absolute Gasteiger partial charge is 0.384 e. The molecule has 0 aliphatic heterocycles. The quantitative estimate of drug-likeness (QED) is 0.599. The van der Waals surface area contributed by atoms with Gasteiger partial charge in [-0.1, -0.05) is 0 Å². The van der Waals surface area contributed by atoms with Crippen LogP contribution in [-0.2, 0) is 0 Å². The minimum absolute atomic E-state index is 0.0255. The fraction of sp³-hybridized carbons (Fsp3) is 0.0909. The van der Waals surface area contributed by atoms with Gasteiger partial charge in [0.05, 0.1) is 4.92 Å². The van der Waals surface area contributed by atoms with Crippen LogP contribution in [0.1, 0.15) is 5.56 Å². The van der Waals surface area contributed by atoms with E-state index in [1.54, 1.807) is 6.20 Å². The lowest BCUT2D eigenvalue weighted by molar-refractivity contribution is -0.385. The van der Waals surface area contributed by atoms with E-state index in [1.165, 1.54) is 24.5 Å². The summed E-state index contributed by atoms with van der Waals surface area (Å²) >= 11 is 0. The van der Waals surface area contributed by atoms with Gasteiger partial charge in [0.25, 0.3) is 5.69 Å². The Hall–Kier alpha value is -2.50. The number of hydrogen-bond acceptors (Lipinski definition) is 5. The van der Waals surface area contributed by atoms with E-state index in [9.17, 15) is 10.1 Å². The third-order valence-electron chi connectivity index (χ3n) is 1.79. The Balaban J connectivity index is 0.000000171. The standard InChI is InChI=1S/C6H8N2.C5H4N2O2/c1-5-2-3-8-6(7)4-5;8-7(9)5-2-1-3-6-4-5/h2-4H,1H3,(H2,7,8);1-4H.